The van der Waals surface area contributed by atoms with Gasteiger partial charge in [0.05, 0.1) is 5.41 Å². The molecule has 0 aromatic heterocycles. The third-order valence-corrected chi connectivity index (χ3v) is 4.29. The van der Waals surface area contributed by atoms with Gasteiger partial charge in [-0.05, 0) is 31.6 Å². The van der Waals surface area contributed by atoms with Gasteiger partial charge < -0.3 is 10.6 Å². The molecule has 0 aromatic carbocycles. The van der Waals surface area contributed by atoms with Crippen LogP contribution in [0.25, 0.3) is 0 Å². The lowest BCUT2D eigenvalue weighted by atomic mass is 10.0. The standard InChI is InChI=1S/C14H26N2O/c1-11(2)9-16(12-5-3-4-6-12)13(17)14(10-15)7-8-14/h11-12H,3-10,15H2,1-2H3. The van der Waals surface area contributed by atoms with Gasteiger partial charge in [0, 0.05) is 19.1 Å². The summed E-state index contributed by atoms with van der Waals surface area (Å²) in [6.07, 6.45) is 6.95. The van der Waals surface area contributed by atoms with E-state index < -0.39 is 0 Å². The highest BCUT2D eigenvalue weighted by Crippen LogP contribution is 2.47. The number of carbonyl (C=O) groups is 1. The summed E-state index contributed by atoms with van der Waals surface area (Å²) >= 11 is 0. The number of rotatable bonds is 5. The second kappa shape index (κ2) is 4.97. The maximum absolute atomic E-state index is 12.6. The Morgan fingerprint density at radius 2 is 1.94 bits per heavy atom. The van der Waals surface area contributed by atoms with Gasteiger partial charge in [-0.3, -0.25) is 4.79 Å². The summed E-state index contributed by atoms with van der Waals surface area (Å²) in [5, 5.41) is 0. The van der Waals surface area contributed by atoms with Crippen molar-refractivity contribution in [1.82, 2.24) is 4.90 Å². The highest BCUT2D eigenvalue weighted by atomic mass is 16.2. The summed E-state index contributed by atoms with van der Waals surface area (Å²) in [7, 11) is 0. The van der Waals surface area contributed by atoms with Crippen LogP contribution in [0, 0.1) is 11.3 Å². The van der Waals surface area contributed by atoms with Gasteiger partial charge >= 0.3 is 0 Å². The van der Waals surface area contributed by atoms with E-state index in [0.29, 0.717) is 24.4 Å². The molecule has 2 rings (SSSR count). The SMILES string of the molecule is CC(C)CN(C(=O)C1(CN)CC1)C1CCCC1. The maximum atomic E-state index is 12.6. The Balaban J connectivity index is 2.06. The van der Waals surface area contributed by atoms with Crippen LogP contribution in [0.15, 0.2) is 0 Å². The monoisotopic (exact) mass is 238 g/mol. The largest absolute Gasteiger partial charge is 0.339 e. The minimum Gasteiger partial charge on any atom is -0.339 e. The van der Waals surface area contributed by atoms with Crippen molar-refractivity contribution in [2.45, 2.75) is 58.4 Å². The molecule has 0 unspecified atom stereocenters. The predicted octanol–water partition coefficient (Wildman–Crippen LogP) is 2.15. The van der Waals surface area contributed by atoms with E-state index in [2.05, 4.69) is 18.7 Å². The maximum Gasteiger partial charge on any atom is 0.230 e. The number of amides is 1. The number of nitrogens with zero attached hydrogens (tertiary/aromatic N) is 1. The molecule has 2 saturated carbocycles. The van der Waals surface area contributed by atoms with Gasteiger partial charge in [0.1, 0.15) is 0 Å². The number of hydrogen-bond acceptors (Lipinski definition) is 2. The Bertz CT molecular complexity index is 278. The van der Waals surface area contributed by atoms with Crippen molar-refractivity contribution in [2.75, 3.05) is 13.1 Å². The zero-order valence-electron chi connectivity index (χ0n) is 11.2. The normalized spacial score (nSPS) is 23.1. The fourth-order valence-electron chi connectivity index (χ4n) is 2.97. The van der Waals surface area contributed by atoms with E-state index >= 15 is 0 Å². The molecule has 2 aliphatic rings. The van der Waals surface area contributed by atoms with Crippen molar-refractivity contribution in [2.24, 2.45) is 17.1 Å². The first-order valence-electron chi connectivity index (χ1n) is 7.10. The molecule has 0 spiro atoms. The molecular weight excluding hydrogens is 212 g/mol. The summed E-state index contributed by atoms with van der Waals surface area (Å²) in [4.78, 5) is 14.8. The number of nitrogens with two attached hydrogens (primary N) is 1. The second-order valence-electron chi connectivity index (χ2n) is 6.27. The summed E-state index contributed by atoms with van der Waals surface area (Å²) < 4.78 is 0. The molecule has 0 radical (unpaired) electrons. The summed E-state index contributed by atoms with van der Waals surface area (Å²) in [5.74, 6) is 0.897. The summed E-state index contributed by atoms with van der Waals surface area (Å²) in [6.45, 7) is 5.83. The van der Waals surface area contributed by atoms with Gasteiger partial charge in [-0.25, -0.2) is 0 Å². The van der Waals surface area contributed by atoms with Crippen LogP contribution in [-0.2, 0) is 4.79 Å². The lowest BCUT2D eigenvalue weighted by Crippen LogP contribution is -2.47. The van der Waals surface area contributed by atoms with Crippen LogP contribution in [0.4, 0.5) is 0 Å². The van der Waals surface area contributed by atoms with Crippen LogP contribution in [0.1, 0.15) is 52.4 Å². The van der Waals surface area contributed by atoms with Gasteiger partial charge in [-0.2, -0.15) is 0 Å². The van der Waals surface area contributed by atoms with E-state index in [-0.39, 0.29) is 5.41 Å². The molecular formula is C14H26N2O. The minimum absolute atomic E-state index is 0.169. The second-order valence-corrected chi connectivity index (χ2v) is 6.27. The van der Waals surface area contributed by atoms with Crippen molar-refractivity contribution in [3.8, 4) is 0 Å². The van der Waals surface area contributed by atoms with Gasteiger partial charge in [-0.1, -0.05) is 26.7 Å². The predicted molar refractivity (Wildman–Crippen MR) is 69.5 cm³/mol. The molecule has 17 heavy (non-hydrogen) atoms. The smallest absolute Gasteiger partial charge is 0.230 e. The van der Waals surface area contributed by atoms with Crippen LogP contribution in [0.2, 0.25) is 0 Å². The highest BCUT2D eigenvalue weighted by Gasteiger charge is 2.51. The van der Waals surface area contributed by atoms with E-state index in [9.17, 15) is 4.79 Å². The van der Waals surface area contributed by atoms with E-state index in [1.54, 1.807) is 0 Å². The molecule has 0 heterocycles. The lowest BCUT2D eigenvalue weighted by Gasteiger charge is -2.33. The minimum atomic E-state index is -0.169. The molecule has 1 amide bonds. The topological polar surface area (TPSA) is 46.3 Å². The molecule has 3 heteroatoms. The highest BCUT2D eigenvalue weighted by molar-refractivity contribution is 5.86. The quantitative estimate of drug-likeness (QED) is 0.797. The van der Waals surface area contributed by atoms with Gasteiger partial charge in [0.15, 0.2) is 0 Å². The molecule has 0 aromatic rings. The van der Waals surface area contributed by atoms with Crippen molar-refractivity contribution >= 4 is 5.91 Å². The van der Waals surface area contributed by atoms with E-state index in [0.717, 1.165) is 19.4 Å². The Hall–Kier alpha value is -0.570. The molecule has 2 aliphatic carbocycles. The molecule has 0 bridgehead atoms. The van der Waals surface area contributed by atoms with Crippen LogP contribution < -0.4 is 5.73 Å². The molecule has 98 valence electrons. The van der Waals surface area contributed by atoms with Crippen molar-refractivity contribution < 1.29 is 4.79 Å². The third-order valence-electron chi connectivity index (χ3n) is 4.29. The van der Waals surface area contributed by atoms with Crippen LogP contribution in [-0.4, -0.2) is 29.9 Å². The Kier molecular flexibility index (Phi) is 3.76. The lowest BCUT2D eigenvalue weighted by molar-refractivity contribution is -0.139. The average Bonchev–Trinajstić information content (AvgIpc) is 2.92. The fourth-order valence-corrected chi connectivity index (χ4v) is 2.97. The van der Waals surface area contributed by atoms with Crippen molar-refractivity contribution in [3.05, 3.63) is 0 Å². The van der Waals surface area contributed by atoms with Crippen molar-refractivity contribution in [1.29, 1.82) is 0 Å². The zero-order chi connectivity index (χ0) is 12.5. The molecule has 2 N–H and O–H groups in total. The number of hydrogen-bond donors (Lipinski definition) is 1. The van der Waals surface area contributed by atoms with E-state index in [1.165, 1.54) is 25.7 Å². The Morgan fingerprint density at radius 1 is 1.35 bits per heavy atom. The van der Waals surface area contributed by atoms with Crippen LogP contribution in [0.3, 0.4) is 0 Å². The first kappa shape index (κ1) is 12.9. The van der Waals surface area contributed by atoms with E-state index in [4.69, 9.17) is 5.73 Å². The van der Waals surface area contributed by atoms with Gasteiger partial charge in [0.25, 0.3) is 0 Å². The molecule has 2 fully saturated rings. The molecule has 0 aliphatic heterocycles. The van der Waals surface area contributed by atoms with Crippen molar-refractivity contribution in [3.63, 3.8) is 0 Å². The Morgan fingerprint density at radius 3 is 2.35 bits per heavy atom. The molecule has 0 atom stereocenters. The van der Waals surface area contributed by atoms with Crippen LogP contribution in [0.5, 0.6) is 0 Å². The molecule has 3 nitrogen and oxygen atoms in total. The summed E-state index contributed by atoms with van der Waals surface area (Å²) in [5.41, 5.74) is 5.62. The third kappa shape index (κ3) is 2.65. The Labute approximate surface area is 105 Å². The first-order chi connectivity index (χ1) is 8.09. The summed E-state index contributed by atoms with van der Waals surface area (Å²) in [6, 6.07) is 0.494. The van der Waals surface area contributed by atoms with Gasteiger partial charge in [0.2, 0.25) is 5.91 Å². The van der Waals surface area contributed by atoms with E-state index in [1.807, 2.05) is 0 Å². The number of carbonyl (C=O) groups excluding carboxylic acids is 1. The van der Waals surface area contributed by atoms with Crippen LogP contribution >= 0.6 is 0 Å². The van der Waals surface area contributed by atoms with Gasteiger partial charge in [-0.15, -0.1) is 0 Å². The zero-order valence-corrected chi connectivity index (χ0v) is 11.2. The first-order valence-corrected chi connectivity index (χ1v) is 7.10. The average molecular weight is 238 g/mol. The molecule has 0 saturated heterocycles. The fraction of sp³-hybridized carbons (Fsp3) is 0.929.